The third kappa shape index (κ3) is 3.70. The third-order valence-electron chi connectivity index (χ3n) is 4.32. The molecule has 1 unspecified atom stereocenters. The molecule has 2 aliphatic rings. The molecule has 2 saturated carbocycles. The highest BCUT2D eigenvalue weighted by Gasteiger charge is 2.28. The molecule has 1 amide bonds. The smallest absolute Gasteiger partial charge is 0.249 e. The van der Waals surface area contributed by atoms with Crippen molar-refractivity contribution < 1.29 is 9.90 Å². The van der Waals surface area contributed by atoms with Crippen LogP contribution in [-0.4, -0.2) is 23.2 Å². The molecule has 0 aromatic carbocycles. The average Bonchev–Trinajstić information content (AvgIpc) is 2.40. The maximum Gasteiger partial charge on any atom is 0.249 e. The minimum Gasteiger partial charge on any atom is -0.383 e. The zero-order valence-electron chi connectivity index (χ0n) is 10.7. The van der Waals surface area contributed by atoms with Crippen molar-refractivity contribution >= 4 is 5.91 Å². The molecule has 0 aromatic rings. The first-order chi connectivity index (χ1) is 8.27. The molecular weight excluding hydrogens is 214 g/mol. The third-order valence-corrected chi connectivity index (χ3v) is 4.32. The van der Waals surface area contributed by atoms with Gasteiger partial charge in [-0.05, 0) is 31.6 Å². The summed E-state index contributed by atoms with van der Waals surface area (Å²) in [6, 6.07) is 0.314. The normalized spacial score (nSPS) is 25.5. The van der Waals surface area contributed by atoms with Gasteiger partial charge in [0.05, 0.1) is 0 Å². The van der Waals surface area contributed by atoms with Gasteiger partial charge in [-0.2, -0.15) is 0 Å². The van der Waals surface area contributed by atoms with E-state index in [4.69, 9.17) is 0 Å². The molecule has 0 saturated heterocycles. The summed E-state index contributed by atoms with van der Waals surface area (Å²) in [6.07, 6.45) is 10.7. The van der Waals surface area contributed by atoms with Crippen LogP contribution < -0.4 is 5.32 Å². The van der Waals surface area contributed by atoms with Gasteiger partial charge < -0.3 is 10.4 Å². The van der Waals surface area contributed by atoms with Gasteiger partial charge in [-0.15, -0.1) is 0 Å². The molecule has 3 heteroatoms. The van der Waals surface area contributed by atoms with Gasteiger partial charge in [0, 0.05) is 6.04 Å². The van der Waals surface area contributed by atoms with Crippen LogP contribution >= 0.6 is 0 Å². The lowest BCUT2D eigenvalue weighted by molar-refractivity contribution is -0.133. The Kier molecular flexibility index (Phi) is 4.84. The number of carbonyl (C=O) groups excluding carboxylic acids is 1. The molecule has 2 N–H and O–H groups in total. The fraction of sp³-hybridized carbons (Fsp3) is 0.929. The number of nitrogens with one attached hydrogen (secondary N) is 1. The van der Waals surface area contributed by atoms with Crippen LogP contribution in [0.25, 0.3) is 0 Å². The number of carbonyl (C=O) groups is 1. The van der Waals surface area contributed by atoms with Crippen LogP contribution in [0.5, 0.6) is 0 Å². The Morgan fingerprint density at radius 3 is 2.06 bits per heavy atom. The zero-order chi connectivity index (χ0) is 12.1. The summed E-state index contributed by atoms with van der Waals surface area (Å²) in [6.45, 7) is 0. The van der Waals surface area contributed by atoms with Crippen molar-refractivity contribution in [1.29, 1.82) is 0 Å². The van der Waals surface area contributed by atoms with Crippen LogP contribution in [0.1, 0.15) is 64.2 Å². The number of rotatable bonds is 3. The number of aliphatic hydroxyl groups is 1. The molecule has 0 bridgehead atoms. The number of aliphatic hydroxyl groups excluding tert-OH is 1. The molecular formula is C14H25NO2. The minimum absolute atomic E-state index is 0.121. The first-order valence-corrected chi connectivity index (χ1v) is 7.26. The van der Waals surface area contributed by atoms with Crippen LogP contribution in [0.15, 0.2) is 0 Å². The van der Waals surface area contributed by atoms with Gasteiger partial charge in [0.25, 0.3) is 0 Å². The van der Waals surface area contributed by atoms with Crippen LogP contribution in [0.3, 0.4) is 0 Å². The molecule has 0 spiro atoms. The number of amides is 1. The van der Waals surface area contributed by atoms with Crippen molar-refractivity contribution in [3.8, 4) is 0 Å². The Hall–Kier alpha value is -0.570. The predicted octanol–water partition coefficient (Wildman–Crippen LogP) is 2.38. The Morgan fingerprint density at radius 2 is 1.47 bits per heavy atom. The summed E-state index contributed by atoms with van der Waals surface area (Å²) in [4.78, 5) is 11.9. The molecule has 1 atom stereocenters. The molecule has 2 rings (SSSR count). The van der Waals surface area contributed by atoms with E-state index in [9.17, 15) is 9.90 Å². The first-order valence-electron chi connectivity index (χ1n) is 7.26. The van der Waals surface area contributed by atoms with Crippen molar-refractivity contribution in [3.63, 3.8) is 0 Å². The van der Waals surface area contributed by atoms with Crippen molar-refractivity contribution in [3.05, 3.63) is 0 Å². The molecule has 0 aliphatic heterocycles. The van der Waals surface area contributed by atoms with E-state index in [0.29, 0.717) is 6.04 Å². The van der Waals surface area contributed by atoms with Crippen molar-refractivity contribution in [2.45, 2.75) is 76.4 Å². The Balaban J connectivity index is 1.77. The van der Waals surface area contributed by atoms with E-state index in [1.807, 2.05) is 0 Å². The molecule has 0 heterocycles. The topological polar surface area (TPSA) is 49.3 Å². The number of hydrogen-bond donors (Lipinski definition) is 2. The fourth-order valence-electron chi connectivity index (χ4n) is 3.20. The second-order valence-corrected chi connectivity index (χ2v) is 5.69. The number of hydrogen-bond acceptors (Lipinski definition) is 2. The fourth-order valence-corrected chi connectivity index (χ4v) is 3.20. The lowest BCUT2D eigenvalue weighted by Crippen LogP contribution is -2.45. The molecule has 2 fully saturated rings. The highest BCUT2D eigenvalue weighted by atomic mass is 16.3. The molecule has 0 radical (unpaired) electrons. The van der Waals surface area contributed by atoms with Crippen molar-refractivity contribution in [1.82, 2.24) is 5.32 Å². The predicted molar refractivity (Wildman–Crippen MR) is 67.6 cm³/mol. The monoisotopic (exact) mass is 239 g/mol. The van der Waals surface area contributed by atoms with Crippen LogP contribution in [0.4, 0.5) is 0 Å². The van der Waals surface area contributed by atoms with Crippen molar-refractivity contribution in [2.24, 2.45) is 5.92 Å². The second kappa shape index (κ2) is 6.39. The maximum atomic E-state index is 11.9. The van der Waals surface area contributed by atoms with E-state index in [-0.39, 0.29) is 11.8 Å². The molecule has 2 aliphatic carbocycles. The quantitative estimate of drug-likeness (QED) is 0.794. The van der Waals surface area contributed by atoms with Gasteiger partial charge in [-0.1, -0.05) is 38.5 Å². The molecule has 3 nitrogen and oxygen atoms in total. The second-order valence-electron chi connectivity index (χ2n) is 5.69. The van der Waals surface area contributed by atoms with Gasteiger partial charge in [0.15, 0.2) is 0 Å². The first kappa shape index (κ1) is 12.9. The SMILES string of the molecule is O=C(NC1CCCCC1)C(O)C1CCCCC1. The Morgan fingerprint density at radius 1 is 0.941 bits per heavy atom. The van der Waals surface area contributed by atoms with Crippen LogP contribution in [0, 0.1) is 5.92 Å². The van der Waals surface area contributed by atoms with Crippen molar-refractivity contribution in [2.75, 3.05) is 0 Å². The summed E-state index contributed by atoms with van der Waals surface area (Å²) in [7, 11) is 0. The van der Waals surface area contributed by atoms with Gasteiger partial charge >= 0.3 is 0 Å². The lowest BCUT2D eigenvalue weighted by Gasteiger charge is -2.28. The van der Waals surface area contributed by atoms with E-state index in [1.165, 1.54) is 38.5 Å². The lowest BCUT2D eigenvalue weighted by atomic mass is 9.84. The minimum atomic E-state index is -0.766. The largest absolute Gasteiger partial charge is 0.383 e. The van der Waals surface area contributed by atoms with E-state index < -0.39 is 6.10 Å². The summed E-state index contributed by atoms with van der Waals surface area (Å²) < 4.78 is 0. The average molecular weight is 239 g/mol. The van der Waals surface area contributed by atoms with E-state index in [0.717, 1.165) is 25.7 Å². The van der Waals surface area contributed by atoms with Gasteiger partial charge in [0.2, 0.25) is 5.91 Å². The van der Waals surface area contributed by atoms with Gasteiger partial charge in [-0.3, -0.25) is 4.79 Å². The van der Waals surface area contributed by atoms with Crippen LogP contribution in [0.2, 0.25) is 0 Å². The summed E-state index contributed by atoms with van der Waals surface area (Å²) in [5.74, 6) is 0.0798. The summed E-state index contributed by atoms with van der Waals surface area (Å²) >= 11 is 0. The van der Waals surface area contributed by atoms with E-state index in [2.05, 4.69) is 5.32 Å². The molecule has 98 valence electrons. The summed E-state index contributed by atoms with van der Waals surface area (Å²) in [5, 5.41) is 13.1. The Bertz CT molecular complexity index is 243. The van der Waals surface area contributed by atoms with E-state index in [1.54, 1.807) is 0 Å². The molecule has 17 heavy (non-hydrogen) atoms. The molecule has 0 aromatic heterocycles. The van der Waals surface area contributed by atoms with Gasteiger partial charge in [0.1, 0.15) is 6.10 Å². The zero-order valence-corrected chi connectivity index (χ0v) is 10.7. The van der Waals surface area contributed by atoms with Gasteiger partial charge in [-0.25, -0.2) is 0 Å². The highest BCUT2D eigenvalue weighted by molar-refractivity contribution is 5.81. The van der Waals surface area contributed by atoms with E-state index >= 15 is 0 Å². The summed E-state index contributed by atoms with van der Waals surface area (Å²) in [5.41, 5.74) is 0. The Labute approximate surface area is 104 Å². The highest BCUT2D eigenvalue weighted by Crippen LogP contribution is 2.27. The van der Waals surface area contributed by atoms with Crippen LogP contribution in [-0.2, 0) is 4.79 Å². The standard InChI is InChI=1S/C14H25NO2/c16-13(11-7-3-1-4-8-11)14(17)15-12-9-5-2-6-10-12/h11-13,16H,1-10H2,(H,15,17). The maximum absolute atomic E-state index is 11.9.